The summed E-state index contributed by atoms with van der Waals surface area (Å²) in [4.78, 5) is 11.9. The van der Waals surface area contributed by atoms with Crippen molar-refractivity contribution in [3.8, 4) is 0 Å². The Morgan fingerprint density at radius 3 is 2.65 bits per heavy atom. The fourth-order valence-corrected chi connectivity index (χ4v) is 2.70. The third kappa shape index (κ3) is 4.79. The maximum atomic E-state index is 11.9. The molecule has 2 rings (SSSR count). The summed E-state index contributed by atoms with van der Waals surface area (Å²) >= 11 is 1.67. The van der Waals surface area contributed by atoms with Gasteiger partial charge < -0.3 is 11.1 Å². The minimum atomic E-state index is -0.433. The minimum Gasteiger partial charge on any atom is -0.354 e. The molecule has 1 amide bonds. The van der Waals surface area contributed by atoms with Gasteiger partial charge in [-0.3, -0.25) is 4.79 Å². The number of thiophene rings is 1. The monoisotopic (exact) mass is 288 g/mol. The molecule has 0 bridgehead atoms. The SMILES string of the molecule is NC(CCc1ccccc1)C(=O)NCCc1ccsc1. The van der Waals surface area contributed by atoms with Crippen LogP contribution in [0.4, 0.5) is 0 Å². The van der Waals surface area contributed by atoms with Crippen molar-refractivity contribution >= 4 is 17.2 Å². The summed E-state index contributed by atoms with van der Waals surface area (Å²) < 4.78 is 0. The van der Waals surface area contributed by atoms with Gasteiger partial charge in [-0.05, 0) is 47.2 Å². The highest BCUT2D eigenvalue weighted by molar-refractivity contribution is 7.07. The van der Waals surface area contributed by atoms with E-state index in [1.807, 2.05) is 23.6 Å². The first-order valence-corrected chi connectivity index (χ1v) is 7.78. The second kappa shape index (κ2) is 7.82. The van der Waals surface area contributed by atoms with E-state index >= 15 is 0 Å². The fourth-order valence-electron chi connectivity index (χ4n) is 1.99. The predicted octanol–water partition coefficient (Wildman–Crippen LogP) is 2.37. The van der Waals surface area contributed by atoms with Crippen molar-refractivity contribution < 1.29 is 4.79 Å². The van der Waals surface area contributed by atoms with Crippen LogP contribution in [0.3, 0.4) is 0 Å². The van der Waals surface area contributed by atoms with Gasteiger partial charge in [0.1, 0.15) is 0 Å². The zero-order valence-corrected chi connectivity index (χ0v) is 12.2. The molecule has 20 heavy (non-hydrogen) atoms. The number of carbonyl (C=O) groups is 1. The topological polar surface area (TPSA) is 55.1 Å². The molecule has 0 fully saturated rings. The summed E-state index contributed by atoms with van der Waals surface area (Å²) in [6.45, 7) is 0.647. The predicted molar refractivity (Wildman–Crippen MR) is 83.8 cm³/mol. The molecule has 0 radical (unpaired) electrons. The number of amides is 1. The molecule has 0 aliphatic rings. The minimum absolute atomic E-state index is 0.0591. The van der Waals surface area contributed by atoms with Crippen molar-refractivity contribution in [2.75, 3.05) is 6.54 Å². The normalized spacial score (nSPS) is 12.1. The molecule has 1 atom stereocenters. The van der Waals surface area contributed by atoms with Gasteiger partial charge in [0.2, 0.25) is 5.91 Å². The van der Waals surface area contributed by atoms with E-state index < -0.39 is 6.04 Å². The number of nitrogens with two attached hydrogens (primary N) is 1. The number of hydrogen-bond acceptors (Lipinski definition) is 3. The van der Waals surface area contributed by atoms with Crippen molar-refractivity contribution in [2.24, 2.45) is 5.73 Å². The number of rotatable bonds is 7. The van der Waals surface area contributed by atoms with Gasteiger partial charge >= 0.3 is 0 Å². The van der Waals surface area contributed by atoms with Crippen LogP contribution in [-0.4, -0.2) is 18.5 Å². The molecular weight excluding hydrogens is 268 g/mol. The Morgan fingerprint density at radius 1 is 1.15 bits per heavy atom. The van der Waals surface area contributed by atoms with Crippen molar-refractivity contribution in [3.63, 3.8) is 0 Å². The van der Waals surface area contributed by atoms with Crippen LogP contribution in [0.25, 0.3) is 0 Å². The Bertz CT molecular complexity index is 511. The number of hydrogen-bond donors (Lipinski definition) is 2. The van der Waals surface area contributed by atoms with Crippen molar-refractivity contribution in [3.05, 3.63) is 58.3 Å². The molecular formula is C16H20N2OS. The van der Waals surface area contributed by atoms with Crippen LogP contribution in [0.1, 0.15) is 17.5 Å². The molecule has 0 saturated heterocycles. The summed E-state index contributed by atoms with van der Waals surface area (Å²) in [5, 5.41) is 7.04. The van der Waals surface area contributed by atoms with Crippen LogP contribution >= 0.6 is 11.3 Å². The summed E-state index contributed by atoms with van der Waals surface area (Å²) in [6.07, 6.45) is 2.37. The van der Waals surface area contributed by atoms with E-state index in [4.69, 9.17) is 5.73 Å². The highest BCUT2D eigenvalue weighted by atomic mass is 32.1. The first-order chi connectivity index (χ1) is 9.75. The lowest BCUT2D eigenvalue weighted by atomic mass is 10.1. The average Bonchev–Trinajstić information content (AvgIpc) is 2.99. The van der Waals surface area contributed by atoms with Crippen LogP contribution in [0.15, 0.2) is 47.2 Å². The third-order valence-electron chi connectivity index (χ3n) is 3.22. The van der Waals surface area contributed by atoms with Gasteiger partial charge in [0.05, 0.1) is 6.04 Å². The summed E-state index contributed by atoms with van der Waals surface area (Å²) in [6, 6.07) is 11.7. The zero-order valence-electron chi connectivity index (χ0n) is 11.4. The van der Waals surface area contributed by atoms with Crippen LogP contribution in [-0.2, 0) is 17.6 Å². The maximum absolute atomic E-state index is 11.9. The summed E-state index contributed by atoms with van der Waals surface area (Å²) in [5.41, 5.74) is 8.39. The van der Waals surface area contributed by atoms with Gasteiger partial charge in [0.25, 0.3) is 0 Å². The highest BCUT2D eigenvalue weighted by Crippen LogP contribution is 2.06. The standard InChI is InChI=1S/C16H20N2OS/c17-15(7-6-13-4-2-1-3-5-13)16(19)18-10-8-14-9-11-20-12-14/h1-5,9,11-12,15H,6-8,10,17H2,(H,18,19). The fraction of sp³-hybridized carbons (Fsp3) is 0.312. The second-order valence-corrected chi connectivity index (χ2v) is 5.58. The Balaban J connectivity index is 1.66. The van der Waals surface area contributed by atoms with Crippen LogP contribution < -0.4 is 11.1 Å². The van der Waals surface area contributed by atoms with E-state index in [-0.39, 0.29) is 5.91 Å². The van der Waals surface area contributed by atoms with Gasteiger partial charge in [0.15, 0.2) is 0 Å². The molecule has 3 N–H and O–H groups in total. The molecule has 1 unspecified atom stereocenters. The first kappa shape index (κ1) is 14.8. The van der Waals surface area contributed by atoms with E-state index in [0.717, 1.165) is 12.8 Å². The molecule has 106 valence electrons. The lowest BCUT2D eigenvalue weighted by Crippen LogP contribution is -2.41. The Morgan fingerprint density at radius 2 is 1.95 bits per heavy atom. The highest BCUT2D eigenvalue weighted by Gasteiger charge is 2.12. The van der Waals surface area contributed by atoms with E-state index in [1.165, 1.54) is 11.1 Å². The quantitative estimate of drug-likeness (QED) is 0.822. The number of carbonyl (C=O) groups excluding carboxylic acids is 1. The first-order valence-electron chi connectivity index (χ1n) is 6.84. The maximum Gasteiger partial charge on any atom is 0.236 e. The van der Waals surface area contributed by atoms with Crippen molar-refractivity contribution in [1.29, 1.82) is 0 Å². The van der Waals surface area contributed by atoms with Gasteiger partial charge in [-0.2, -0.15) is 11.3 Å². The molecule has 1 heterocycles. The van der Waals surface area contributed by atoms with Crippen LogP contribution in [0, 0.1) is 0 Å². The molecule has 3 nitrogen and oxygen atoms in total. The summed E-state index contributed by atoms with van der Waals surface area (Å²) in [7, 11) is 0. The number of benzene rings is 1. The molecule has 0 aliphatic heterocycles. The molecule has 0 spiro atoms. The van der Waals surface area contributed by atoms with Gasteiger partial charge in [-0.1, -0.05) is 30.3 Å². The lowest BCUT2D eigenvalue weighted by Gasteiger charge is -2.12. The zero-order chi connectivity index (χ0) is 14.2. The lowest BCUT2D eigenvalue weighted by molar-refractivity contribution is -0.122. The molecule has 0 saturated carbocycles. The van der Waals surface area contributed by atoms with Crippen molar-refractivity contribution in [1.82, 2.24) is 5.32 Å². The largest absolute Gasteiger partial charge is 0.354 e. The second-order valence-electron chi connectivity index (χ2n) is 4.80. The molecule has 1 aromatic carbocycles. The van der Waals surface area contributed by atoms with Crippen molar-refractivity contribution in [2.45, 2.75) is 25.3 Å². The average molecular weight is 288 g/mol. The van der Waals surface area contributed by atoms with E-state index in [1.54, 1.807) is 11.3 Å². The Labute approximate surface area is 123 Å². The van der Waals surface area contributed by atoms with Crippen LogP contribution in [0.5, 0.6) is 0 Å². The van der Waals surface area contributed by atoms with Crippen LogP contribution in [0.2, 0.25) is 0 Å². The Kier molecular flexibility index (Phi) is 5.77. The van der Waals surface area contributed by atoms with E-state index in [2.05, 4.69) is 28.9 Å². The van der Waals surface area contributed by atoms with Gasteiger partial charge in [-0.15, -0.1) is 0 Å². The molecule has 0 aliphatic carbocycles. The van der Waals surface area contributed by atoms with Gasteiger partial charge in [-0.25, -0.2) is 0 Å². The van der Waals surface area contributed by atoms with E-state index in [0.29, 0.717) is 13.0 Å². The molecule has 4 heteroatoms. The smallest absolute Gasteiger partial charge is 0.236 e. The number of nitrogens with one attached hydrogen (secondary N) is 1. The molecule has 1 aromatic heterocycles. The number of aryl methyl sites for hydroxylation is 1. The molecule has 2 aromatic rings. The van der Waals surface area contributed by atoms with E-state index in [9.17, 15) is 4.79 Å². The summed E-state index contributed by atoms with van der Waals surface area (Å²) in [5.74, 6) is -0.0591. The third-order valence-corrected chi connectivity index (χ3v) is 3.95. The Hall–Kier alpha value is -1.65. The van der Waals surface area contributed by atoms with Gasteiger partial charge in [0, 0.05) is 6.54 Å².